The Morgan fingerprint density at radius 2 is 2.00 bits per heavy atom. The molecule has 0 aromatic heterocycles. The van der Waals surface area contributed by atoms with Crippen LogP contribution in [0.5, 0.6) is 0 Å². The largest absolute Gasteiger partial charge is 0.469 e. The molecule has 14 heavy (non-hydrogen) atoms. The van der Waals surface area contributed by atoms with E-state index in [-0.39, 0.29) is 5.97 Å². The van der Waals surface area contributed by atoms with Gasteiger partial charge in [-0.3, -0.25) is 4.79 Å². The van der Waals surface area contributed by atoms with Crippen LogP contribution in [-0.2, 0) is 9.53 Å². The van der Waals surface area contributed by atoms with Gasteiger partial charge in [0.2, 0.25) is 0 Å². The summed E-state index contributed by atoms with van der Waals surface area (Å²) in [5.41, 5.74) is 2.36. The van der Waals surface area contributed by atoms with Gasteiger partial charge >= 0.3 is 5.97 Å². The lowest BCUT2D eigenvalue weighted by Gasteiger charge is -1.99. The number of ether oxygens (including phenoxy) is 1. The summed E-state index contributed by atoms with van der Waals surface area (Å²) in [6.45, 7) is 2.13. The second-order valence-electron chi connectivity index (χ2n) is 3.23. The Labute approximate surface area is 85.0 Å². The molecule has 0 heterocycles. The number of carbonyl (C=O) groups is 1. The molecule has 0 aromatic carbocycles. The van der Waals surface area contributed by atoms with Gasteiger partial charge in [-0.05, 0) is 18.4 Å². The zero-order valence-electron chi connectivity index (χ0n) is 8.75. The van der Waals surface area contributed by atoms with E-state index in [0.717, 1.165) is 18.4 Å². The monoisotopic (exact) mass is 192 g/mol. The van der Waals surface area contributed by atoms with E-state index in [1.54, 1.807) is 0 Å². The fourth-order valence-corrected chi connectivity index (χ4v) is 1.34. The molecule has 0 spiro atoms. The Bertz CT molecular complexity index is 295. The standard InChI is InChI=1S/C12H16O2/c1-3-10-5-4-6-11(8-7-10)9-12(13)14-2/h5-8H,3-4,9H2,1-2H3. The van der Waals surface area contributed by atoms with Crippen molar-refractivity contribution in [1.29, 1.82) is 0 Å². The molecule has 1 aliphatic rings. The molecular formula is C12H16O2. The fraction of sp³-hybridized carbons (Fsp3) is 0.417. The maximum atomic E-state index is 11.0. The van der Waals surface area contributed by atoms with Gasteiger partial charge in [-0.1, -0.05) is 36.8 Å². The fourth-order valence-electron chi connectivity index (χ4n) is 1.34. The molecule has 0 radical (unpaired) electrons. The Kier molecular flexibility index (Phi) is 4.17. The topological polar surface area (TPSA) is 26.3 Å². The zero-order valence-corrected chi connectivity index (χ0v) is 8.75. The molecule has 0 aromatic rings. The number of hydrogen-bond acceptors (Lipinski definition) is 2. The first-order chi connectivity index (χ1) is 6.76. The smallest absolute Gasteiger partial charge is 0.309 e. The van der Waals surface area contributed by atoms with E-state index in [9.17, 15) is 4.79 Å². The first kappa shape index (κ1) is 10.8. The second kappa shape index (κ2) is 5.43. The zero-order chi connectivity index (χ0) is 10.4. The molecule has 0 atom stereocenters. The van der Waals surface area contributed by atoms with E-state index in [4.69, 9.17) is 0 Å². The summed E-state index contributed by atoms with van der Waals surface area (Å²) in [6, 6.07) is 0. The summed E-state index contributed by atoms with van der Waals surface area (Å²) in [4.78, 5) is 11.0. The minimum atomic E-state index is -0.180. The highest BCUT2D eigenvalue weighted by molar-refractivity contribution is 5.73. The van der Waals surface area contributed by atoms with Crippen molar-refractivity contribution in [1.82, 2.24) is 0 Å². The molecule has 0 fully saturated rings. The van der Waals surface area contributed by atoms with Gasteiger partial charge < -0.3 is 4.74 Å². The lowest BCUT2D eigenvalue weighted by atomic mass is 10.1. The van der Waals surface area contributed by atoms with Crippen LogP contribution in [-0.4, -0.2) is 13.1 Å². The number of methoxy groups -OCH3 is 1. The molecule has 1 aliphatic carbocycles. The van der Waals surface area contributed by atoms with Gasteiger partial charge in [0.15, 0.2) is 0 Å². The van der Waals surface area contributed by atoms with Gasteiger partial charge in [-0.2, -0.15) is 0 Å². The summed E-state index contributed by atoms with van der Waals surface area (Å²) < 4.78 is 4.62. The summed E-state index contributed by atoms with van der Waals surface area (Å²) in [5.74, 6) is -0.180. The van der Waals surface area contributed by atoms with Crippen molar-refractivity contribution in [3.63, 3.8) is 0 Å². The predicted octanol–water partition coefficient (Wildman–Crippen LogP) is 2.77. The third-order valence-corrected chi connectivity index (χ3v) is 2.26. The minimum absolute atomic E-state index is 0.180. The molecule has 0 saturated heterocycles. The van der Waals surface area contributed by atoms with Crippen molar-refractivity contribution in [3.8, 4) is 0 Å². The number of carbonyl (C=O) groups excluding carboxylic acids is 1. The molecule has 0 N–H and O–H groups in total. The van der Waals surface area contributed by atoms with Crippen molar-refractivity contribution in [2.24, 2.45) is 0 Å². The van der Waals surface area contributed by atoms with Crippen molar-refractivity contribution in [2.45, 2.75) is 26.2 Å². The van der Waals surface area contributed by atoms with Crippen LogP contribution in [0.25, 0.3) is 0 Å². The second-order valence-corrected chi connectivity index (χ2v) is 3.23. The van der Waals surface area contributed by atoms with Gasteiger partial charge in [-0.25, -0.2) is 0 Å². The van der Waals surface area contributed by atoms with Crippen molar-refractivity contribution in [2.75, 3.05) is 7.11 Å². The van der Waals surface area contributed by atoms with E-state index in [2.05, 4.69) is 29.9 Å². The molecule has 2 heteroatoms. The molecule has 1 rings (SSSR count). The Morgan fingerprint density at radius 3 is 2.64 bits per heavy atom. The van der Waals surface area contributed by atoms with Crippen molar-refractivity contribution in [3.05, 3.63) is 35.5 Å². The number of esters is 1. The first-order valence-corrected chi connectivity index (χ1v) is 4.89. The molecule has 2 nitrogen and oxygen atoms in total. The lowest BCUT2D eigenvalue weighted by molar-refractivity contribution is -0.139. The Balaban J connectivity index is 2.58. The third kappa shape index (κ3) is 3.21. The highest BCUT2D eigenvalue weighted by Crippen LogP contribution is 2.15. The summed E-state index contributed by atoms with van der Waals surface area (Å²) >= 11 is 0. The summed E-state index contributed by atoms with van der Waals surface area (Å²) in [5, 5.41) is 0. The van der Waals surface area contributed by atoms with E-state index in [0.29, 0.717) is 6.42 Å². The van der Waals surface area contributed by atoms with E-state index in [1.807, 2.05) is 6.08 Å². The van der Waals surface area contributed by atoms with Gasteiger partial charge in [-0.15, -0.1) is 0 Å². The molecular weight excluding hydrogens is 176 g/mol. The molecule has 0 amide bonds. The van der Waals surface area contributed by atoms with E-state index in [1.165, 1.54) is 12.7 Å². The number of hydrogen-bond donors (Lipinski definition) is 0. The van der Waals surface area contributed by atoms with Gasteiger partial charge in [0, 0.05) is 0 Å². The normalized spacial score (nSPS) is 15.6. The quantitative estimate of drug-likeness (QED) is 0.643. The summed E-state index contributed by atoms with van der Waals surface area (Å²) in [6.07, 6.45) is 10.6. The van der Waals surface area contributed by atoms with Crippen LogP contribution in [0.15, 0.2) is 35.5 Å². The van der Waals surface area contributed by atoms with E-state index >= 15 is 0 Å². The summed E-state index contributed by atoms with van der Waals surface area (Å²) in [7, 11) is 1.42. The van der Waals surface area contributed by atoms with Crippen LogP contribution in [0.1, 0.15) is 26.2 Å². The van der Waals surface area contributed by atoms with Crippen LogP contribution in [0.2, 0.25) is 0 Å². The SMILES string of the molecule is CCC1=CCC=C(CC(=O)OC)C=C1. The highest BCUT2D eigenvalue weighted by Gasteiger charge is 2.04. The molecule has 0 unspecified atom stereocenters. The lowest BCUT2D eigenvalue weighted by Crippen LogP contribution is -2.00. The molecule has 0 saturated carbocycles. The number of rotatable bonds is 3. The van der Waals surface area contributed by atoms with Crippen LogP contribution < -0.4 is 0 Å². The van der Waals surface area contributed by atoms with Crippen LogP contribution in [0, 0.1) is 0 Å². The van der Waals surface area contributed by atoms with Gasteiger partial charge in [0.1, 0.15) is 0 Å². The van der Waals surface area contributed by atoms with Crippen LogP contribution in [0.4, 0.5) is 0 Å². The molecule has 0 aliphatic heterocycles. The third-order valence-electron chi connectivity index (χ3n) is 2.26. The Morgan fingerprint density at radius 1 is 1.36 bits per heavy atom. The first-order valence-electron chi connectivity index (χ1n) is 4.89. The predicted molar refractivity (Wildman–Crippen MR) is 56.8 cm³/mol. The highest BCUT2D eigenvalue weighted by atomic mass is 16.5. The van der Waals surface area contributed by atoms with Crippen LogP contribution in [0.3, 0.4) is 0 Å². The maximum Gasteiger partial charge on any atom is 0.309 e. The molecule has 76 valence electrons. The van der Waals surface area contributed by atoms with Gasteiger partial charge in [0.25, 0.3) is 0 Å². The average Bonchev–Trinajstić information content (AvgIpc) is 2.43. The van der Waals surface area contributed by atoms with Crippen molar-refractivity contribution < 1.29 is 9.53 Å². The van der Waals surface area contributed by atoms with Gasteiger partial charge in [0.05, 0.1) is 13.5 Å². The molecule has 0 bridgehead atoms. The minimum Gasteiger partial charge on any atom is -0.469 e. The van der Waals surface area contributed by atoms with E-state index < -0.39 is 0 Å². The maximum absolute atomic E-state index is 11.0. The van der Waals surface area contributed by atoms with Crippen LogP contribution >= 0.6 is 0 Å². The average molecular weight is 192 g/mol. The Hall–Kier alpha value is -1.31. The number of allylic oxidation sites excluding steroid dienone is 5. The van der Waals surface area contributed by atoms with Crippen molar-refractivity contribution >= 4 is 5.97 Å².